The minimum atomic E-state index is -1.45. The molecule has 0 unspecified atom stereocenters. The van der Waals surface area contributed by atoms with E-state index in [4.69, 9.17) is 14.2 Å². The summed E-state index contributed by atoms with van der Waals surface area (Å²) in [6, 6.07) is 42.5. The van der Waals surface area contributed by atoms with Gasteiger partial charge in [0.25, 0.3) is 0 Å². The van der Waals surface area contributed by atoms with Crippen LogP contribution in [0.15, 0.2) is 140 Å². The average molecular weight is 769 g/mol. The number of hydrogen-bond donors (Lipinski definition) is 1. The first-order valence-corrected chi connectivity index (χ1v) is 19.4. The van der Waals surface area contributed by atoms with Gasteiger partial charge in [-0.15, -0.1) is 0 Å². The highest BCUT2D eigenvalue weighted by atomic mass is 16.5. The lowest BCUT2D eigenvalue weighted by molar-refractivity contribution is -0.191. The number of nitrogens with zero attached hydrogens (tertiary/aromatic N) is 2. The van der Waals surface area contributed by atoms with E-state index in [1.54, 1.807) is 21.9 Å². The Morgan fingerprint density at radius 2 is 0.877 bits per heavy atom. The summed E-state index contributed by atoms with van der Waals surface area (Å²) in [4.78, 5) is 59.4. The number of carboxylic acid groups (broad SMARTS) is 1. The van der Waals surface area contributed by atoms with E-state index in [-0.39, 0.29) is 19.7 Å². The summed E-state index contributed by atoms with van der Waals surface area (Å²) < 4.78 is 17.6. The van der Waals surface area contributed by atoms with E-state index in [1.807, 2.05) is 141 Å². The fraction of sp³-hybridized carbons (Fsp3) is 0.277. The molecule has 4 atom stereocenters. The molecule has 0 aromatic heterocycles. The maximum absolute atomic E-state index is 14.7. The molecular formula is C47H48N2O8. The first-order valence-electron chi connectivity index (χ1n) is 19.4. The molecule has 0 aliphatic heterocycles. The fourth-order valence-electron chi connectivity index (χ4n) is 7.30. The molecule has 5 aromatic rings. The fourth-order valence-corrected chi connectivity index (χ4v) is 7.30. The first kappa shape index (κ1) is 40.2. The van der Waals surface area contributed by atoms with Crippen molar-refractivity contribution >= 4 is 23.8 Å². The van der Waals surface area contributed by atoms with E-state index in [9.17, 15) is 24.3 Å². The molecule has 5 aromatic carbocycles. The second kappa shape index (κ2) is 19.4. The Kier molecular flexibility index (Phi) is 13.7. The van der Waals surface area contributed by atoms with Crippen molar-refractivity contribution in [3.8, 4) is 23.0 Å². The molecule has 294 valence electrons. The van der Waals surface area contributed by atoms with E-state index in [0.717, 1.165) is 11.1 Å². The van der Waals surface area contributed by atoms with Crippen molar-refractivity contribution in [1.29, 1.82) is 0 Å². The lowest BCUT2D eigenvalue weighted by Crippen LogP contribution is -2.64. The minimum Gasteiger partial charge on any atom is -0.481 e. The van der Waals surface area contributed by atoms with Crippen molar-refractivity contribution < 1.29 is 38.5 Å². The molecule has 1 aliphatic rings. The second-order valence-electron chi connectivity index (χ2n) is 14.2. The average Bonchev–Trinajstić information content (AvgIpc) is 3.21. The van der Waals surface area contributed by atoms with Gasteiger partial charge in [-0.05, 0) is 78.1 Å². The largest absolute Gasteiger partial charge is 0.481 e. The summed E-state index contributed by atoms with van der Waals surface area (Å²) in [5.74, 6) is -5.78. The standard InChI is InChI=1S/C47H48N2O8/c1-3-28-48(30-33-20-24-38(25-21-33)56-36-16-10-6-11-17-36)44(50)40-41(43(42(40)46(52)53)47(54)55-32-35-14-8-5-9-15-35)45(51)49(29-4-2)31-34-22-26-39(27-23-34)57-37-18-12-7-13-19-37/h5-27,40-43H,3-4,28-32H2,1-2H3,(H,52,53)/t40-,41-,42-,43-/m1/s1. The van der Waals surface area contributed by atoms with Crippen molar-refractivity contribution in [3.63, 3.8) is 0 Å². The third kappa shape index (κ3) is 10.3. The third-order valence-electron chi connectivity index (χ3n) is 10.1. The number of carboxylic acids is 1. The molecule has 1 saturated carbocycles. The van der Waals surface area contributed by atoms with Crippen molar-refractivity contribution in [2.75, 3.05) is 13.1 Å². The van der Waals surface area contributed by atoms with Crippen LogP contribution in [0.5, 0.6) is 23.0 Å². The highest BCUT2D eigenvalue weighted by molar-refractivity contribution is 6.00. The van der Waals surface area contributed by atoms with Crippen LogP contribution in [-0.2, 0) is 43.6 Å². The van der Waals surface area contributed by atoms with Crippen LogP contribution in [0.25, 0.3) is 0 Å². The van der Waals surface area contributed by atoms with Gasteiger partial charge in [0, 0.05) is 26.2 Å². The Bertz CT molecular complexity index is 2080. The van der Waals surface area contributed by atoms with Gasteiger partial charge in [-0.25, -0.2) is 0 Å². The van der Waals surface area contributed by atoms with E-state index in [2.05, 4.69) is 0 Å². The van der Waals surface area contributed by atoms with Crippen LogP contribution in [-0.4, -0.2) is 51.7 Å². The molecule has 0 saturated heterocycles. The predicted molar refractivity (Wildman–Crippen MR) is 215 cm³/mol. The molecule has 1 fully saturated rings. The summed E-state index contributed by atoms with van der Waals surface area (Å²) in [7, 11) is 0. The summed E-state index contributed by atoms with van der Waals surface area (Å²) in [5.41, 5.74) is 2.33. The summed E-state index contributed by atoms with van der Waals surface area (Å²) in [6.45, 7) is 4.80. The first-order chi connectivity index (χ1) is 27.7. The summed E-state index contributed by atoms with van der Waals surface area (Å²) >= 11 is 0. The molecule has 10 nitrogen and oxygen atoms in total. The molecular weight excluding hydrogens is 721 g/mol. The molecule has 0 bridgehead atoms. The maximum Gasteiger partial charge on any atom is 0.311 e. The van der Waals surface area contributed by atoms with Crippen molar-refractivity contribution in [1.82, 2.24) is 9.80 Å². The van der Waals surface area contributed by atoms with Gasteiger partial charge in [0.1, 0.15) is 29.6 Å². The maximum atomic E-state index is 14.7. The Hall–Kier alpha value is -6.42. The summed E-state index contributed by atoms with van der Waals surface area (Å²) in [6.07, 6.45) is 1.20. The van der Waals surface area contributed by atoms with Gasteiger partial charge in [0.05, 0.1) is 23.7 Å². The number of ether oxygens (including phenoxy) is 3. The quantitative estimate of drug-likeness (QED) is 0.0879. The monoisotopic (exact) mass is 768 g/mol. The Labute approximate surface area is 333 Å². The van der Waals surface area contributed by atoms with Gasteiger partial charge >= 0.3 is 11.9 Å². The molecule has 1 N–H and O–H groups in total. The Morgan fingerprint density at radius 3 is 1.28 bits per heavy atom. The zero-order chi connectivity index (χ0) is 40.1. The van der Waals surface area contributed by atoms with Crippen molar-refractivity contribution in [2.24, 2.45) is 23.7 Å². The smallest absolute Gasteiger partial charge is 0.311 e. The van der Waals surface area contributed by atoms with E-state index < -0.39 is 47.4 Å². The van der Waals surface area contributed by atoms with Gasteiger partial charge in [0.15, 0.2) is 0 Å². The number of benzene rings is 5. The summed E-state index contributed by atoms with van der Waals surface area (Å²) in [5, 5.41) is 10.6. The SMILES string of the molecule is CCCN(Cc1ccc(Oc2ccccc2)cc1)C(=O)[C@H]1[C@@H](C(=O)O)[C@H](C(=O)OCc2ccccc2)[C@@H]1C(=O)N(CCC)Cc1ccc(Oc2ccccc2)cc1. The lowest BCUT2D eigenvalue weighted by Gasteiger charge is -2.49. The van der Waals surface area contributed by atoms with E-state index in [1.165, 1.54) is 0 Å². The number of para-hydroxylation sites is 2. The van der Waals surface area contributed by atoms with Gasteiger partial charge in [0.2, 0.25) is 11.8 Å². The van der Waals surface area contributed by atoms with Gasteiger partial charge in [-0.3, -0.25) is 19.2 Å². The normalized spacial score (nSPS) is 17.1. The number of aliphatic carboxylic acids is 1. The highest BCUT2D eigenvalue weighted by Gasteiger charge is 2.65. The van der Waals surface area contributed by atoms with Crippen LogP contribution >= 0.6 is 0 Å². The van der Waals surface area contributed by atoms with Crippen LogP contribution in [0, 0.1) is 23.7 Å². The molecule has 0 heterocycles. The number of esters is 1. The van der Waals surface area contributed by atoms with Crippen molar-refractivity contribution in [3.05, 3.63) is 156 Å². The third-order valence-corrected chi connectivity index (χ3v) is 10.1. The molecule has 0 radical (unpaired) electrons. The molecule has 2 amide bonds. The van der Waals surface area contributed by atoms with Crippen LogP contribution < -0.4 is 9.47 Å². The Balaban J connectivity index is 1.25. The molecule has 1 aliphatic carbocycles. The van der Waals surface area contributed by atoms with Gasteiger partial charge < -0.3 is 29.1 Å². The van der Waals surface area contributed by atoms with Crippen LogP contribution in [0.2, 0.25) is 0 Å². The van der Waals surface area contributed by atoms with Crippen molar-refractivity contribution in [2.45, 2.75) is 46.4 Å². The number of carbonyl (C=O) groups excluding carboxylic acids is 3. The number of rotatable bonds is 18. The van der Waals surface area contributed by atoms with Crippen LogP contribution in [0.1, 0.15) is 43.4 Å². The topological polar surface area (TPSA) is 123 Å². The molecule has 0 spiro atoms. The number of carbonyl (C=O) groups is 4. The van der Waals surface area contributed by atoms with E-state index >= 15 is 0 Å². The van der Waals surface area contributed by atoms with Crippen LogP contribution in [0.3, 0.4) is 0 Å². The zero-order valence-corrected chi connectivity index (χ0v) is 32.2. The molecule has 57 heavy (non-hydrogen) atoms. The molecule has 6 rings (SSSR count). The lowest BCUT2D eigenvalue weighted by atomic mass is 9.55. The minimum absolute atomic E-state index is 0.0932. The van der Waals surface area contributed by atoms with Crippen LogP contribution in [0.4, 0.5) is 0 Å². The highest BCUT2D eigenvalue weighted by Crippen LogP contribution is 2.49. The predicted octanol–water partition coefficient (Wildman–Crippen LogP) is 8.76. The Morgan fingerprint density at radius 1 is 0.491 bits per heavy atom. The second-order valence-corrected chi connectivity index (χ2v) is 14.2. The zero-order valence-electron chi connectivity index (χ0n) is 32.2. The number of amides is 2. The number of hydrogen-bond acceptors (Lipinski definition) is 7. The van der Waals surface area contributed by atoms with Gasteiger partial charge in [-0.1, -0.05) is 105 Å². The van der Waals surface area contributed by atoms with Gasteiger partial charge in [-0.2, -0.15) is 0 Å². The van der Waals surface area contributed by atoms with E-state index in [0.29, 0.717) is 54.5 Å². The molecule has 10 heteroatoms.